The van der Waals surface area contributed by atoms with Crippen LogP contribution in [0.25, 0.3) is 0 Å². The van der Waals surface area contributed by atoms with E-state index in [1.54, 1.807) is 27.7 Å². The average Bonchev–Trinajstić information content (AvgIpc) is 3.25. The number of esters is 1. The number of ketones is 3. The van der Waals surface area contributed by atoms with Crippen molar-refractivity contribution in [1.29, 1.82) is 0 Å². The Balaban J connectivity index is 1.62. The molecule has 1 saturated heterocycles. The zero-order valence-electron chi connectivity index (χ0n) is 31.1. The van der Waals surface area contributed by atoms with Crippen molar-refractivity contribution >= 4 is 23.3 Å². The lowest BCUT2D eigenvalue weighted by Gasteiger charge is -2.64. The van der Waals surface area contributed by atoms with Crippen molar-refractivity contribution in [3.05, 3.63) is 23.8 Å². The Morgan fingerprint density at radius 1 is 1.00 bits per heavy atom. The SMILES string of the molecule is CC(=O)OC(C)(C)/C=C/C(=O)[C@](C)(O)[C@H]1[C@H](O[C@H]2O[C@H](CO)[C@@H](O)[C@H](O)[C@H]2O)C[C@@]2(C)[C@@H]3CC=C4[C@@H](C[C@H](O)C(=O)C4(C)C)[C@]3(C)C(=O)C[C@]12C. The van der Waals surface area contributed by atoms with Gasteiger partial charge in [0.15, 0.2) is 17.9 Å². The molecule has 0 aromatic rings. The van der Waals surface area contributed by atoms with Gasteiger partial charge in [0.25, 0.3) is 0 Å². The molecule has 0 amide bonds. The summed E-state index contributed by atoms with van der Waals surface area (Å²) in [6.45, 7) is 14.3. The molecule has 13 nitrogen and oxygen atoms in total. The lowest BCUT2D eigenvalue weighted by molar-refractivity contribution is -0.317. The van der Waals surface area contributed by atoms with Crippen LogP contribution < -0.4 is 0 Å². The van der Waals surface area contributed by atoms with E-state index < -0.39 is 112 Å². The highest BCUT2D eigenvalue weighted by molar-refractivity contribution is 5.98. The molecule has 0 bridgehead atoms. The second kappa shape index (κ2) is 12.9. The zero-order valence-corrected chi connectivity index (χ0v) is 31.1. The molecule has 3 saturated carbocycles. The number of Topliss-reactive ketones (excluding diaryl/α,β-unsaturated/α-hetero) is 2. The van der Waals surface area contributed by atoms with Crippen LogP contribution in [0, 0.1) is 39.4 Å². The third-order valence-corrected chi connectivity index (χ3v) is 13.7. The third kappa shape index (κ3) is 6.00. The number of fused-ring (bicyclic) bond motifs is 5. The summed E-state index contributed by atoms with van der Waals surface area (Å²) in [5.74, 6) is -3.68. The van der Waals surface area contributed by atoms with Crippen LogP contribution in [0.15, 0.2) is 23.8 Å². The van der Waals surface area contributed by atoms with E-state index in [1.165, 1.54) is 19.9 Å². The summed E-state index contributed by atoms with van der Waals surface area (Å²) in [7, 11) is 0. The first-order valence-corrected chi connectivity index (χ1v) is 17.9. The number of aliphatic hydroxyl groups is 6. The van der Waals surface area contributed by atoms with Gasteiger partial charge in [-0.25, -0.2) is 0 Å². The Labute approximate surface area is 299 Å². The van der Waals surface area contributed by atoms with Crippen LogP contribution >= 0.6 is 0 Å². The minimum absolute atomic E-state index is 0.0873. The van der Waals surface area contributed by atoms with Gasteiger partial charge in [0.1, 0.15) is 47.5 Å². The molecular weight excluding hydrogens is 664 g/mol. The molecule has 1 heterocycles. The molecule has 1 aliphatic heterocycles. The topological polar surface area (TPSA) is 217 Å². The van der Waals surface area contributed by atoms with Crippen LogP contribution in [-0.4, -0.2) is 115 Å². The van der Waals surface area contributed by atoms with Gasteiger partial charge in [0.05, 0.1) is 12.7 Å². The molecule has 4 fully saturated rings. The molecule has 0 spiro atoms. The van der Waals surface area contributed by atoms with E-state index in [1.807, 2.05) is 26.8 Å². The summed E-state index contributed by atoms with van der Waals surface area (Å²) in [6.07, 6.45) is -5.21. The molecule has 5 aliphatic rings. The van der Waals surface area contributed by atoms with Gasteiger partial charge in [-0.3, -0.25) is 19.2 Å². The minimum atomic E-state index is -2.20. The fourth-order valence-electron chi connectivity index (χ4n) is 10.8. The smallest absolute Gasteiger partial charge is 0.303 e. The lowest BCUT2D eigenvalue weighted by atomic mass is 9.38. The molecule has 0 aromatic heterocycles. The summed E-state index contributed by atoms with van der Waals surface area (Å²) >= 11 is 0. The number of hydrogen-bond acceptors (Lipinski definition) is 13. The molecule has 4 aliphatic carbocycles. The summed E-state index contributed by atoms with van der Waals surface area (Å²) in [5.41, 5.74) is -6.52. The van der Waals surface area contributed by atoms with Crippen molar-refractivity contribution in [2.45, 2.75) is 142 Å². The molecule has 51 heavy (non-hydrogen) atoms. The molecule has 0 radical (unpaired) electrons. The Morgan fingerprint density at radius 2 is 1.63 bits per heavy atom. The van der Waals surface area contributed by atoms with E-state index >= 15 is 0 Å². The highest BCUT2D eigenvalue weighted by Crippen LogP contribution is 2.74. The number of hydrogen-bond donors (Lipinski definition) is 6. The second-order valence-electron chi connectivity index (χ2n) is 17.6. The first kappa shape index (κ1) is 39.8. The van der Waals surface area contributed by atoms with E-state index in [4.69, 9.17) is 14.2 Å². The van der Waals surface area contributed by atoms with Crippen LogP contribution in [-0.2, 0) is 33.4 Å². The van der Waals surface area contributed by atoms with Gasteiger partial charge in [0.2, 0.25) is 0 Å². The average molecular weight is 721 g/mol. The molecule has 14 atom stereocenters. The molecular formula is C38H56O13. The van der Waals surface area contributed by atoms with Crippen LogP contribution in [0.2, 0.25) is 0 Å². The van der Waals surface area contributed by atoms with Crippen LogP contribution in [0.1, 0.15) is 88.0 Å². The maximum atomic E-state index is 14.8. The van der Waals surface area contributed by atoms with E-state index in [0.717, 1.165) is 11.6 Å². The predicted molar refractivity (Wildman–Crippen MR) is 180 cm³/mol. The summed E-state index contributed by atoms with van der Waals surface area (Å²) in [4.78, 5) is 53.6. The summed E-state index contributed by atoms with van der Waals surface area (Å²) in [6, 6.07) is 0. The quantitative estimate of drug-likeness (QED) is 0.119. The van der Waals surface area contributed by atoms with E-state index in [2.05, 4.69) is 0 Å². The fraction of sp³-hybridized carbons (Fsp3) is 0.789. The summed E-state index contributed by atoms with van der Waals surface area (Å²) < 4.78 is 17.5. The minimum Gasteiger partial charge on any atom is -0.456 e. The van der Waals surface area contributed by atoms with Crippen LogP contribution in [0.3, 0.4) is 0 Å². The van der Waals surface area contributed by atoms with Crippen molar-refractivity contribution in [2.75, 3.05) is 6.61 Å². The first-order chi connectivity index (χ1) is 23.3. The fourth-order valence-corrected chi connectivity index (χ4v) is 10.8. The highest BCUT2D eigenvalue weighted by Gasteiger charge is 2.75. The first-order valence-electron chi connectivity index (χ1n) is 17.9. The number of aliphatic hydroxyl groups excluding tert-OH is 5. The number of carbonyl (C=O) groups is 4. The van der Waals surface area contributed by atoms with Gasteiger partial charge in [-0.05, 0) is 88.7 Å². The zero-order chi connectivity index (χ0) is 38.4. The maximum Gasteiger partial charge on any atom is 0.303 e. The number of rotatable bonds is 8. The number of allylic oxidation sites excluding steroid dienone is 2. The largest absolute Gasteiger partial charge is 0.456 e. The normalized spacial score (nSPS) is 45.0. The van der Waals surface area contributed by atoms with Gasteiger partial charge < -0.3 is 44.8 Å². The van der Waals surface area contributed by atoms with Crippen LogP contribution in [0.5, 0.6) is 0 Å². The lowest BCUT2D eigenvalue weighted by Crippen LogP contribution is -2.65. The molecule has 0 aromatic carbocycles. The Hall–Kier alpha value is -2.36. The maximum absolute atomic E-state index is 14.8. The van der Waals surface area contributed by atoms with Gasteiger partial charge in [0, 0.05) is 30.1 Å². The van der Waals surface area contributed by atoms with Crippen molar-refractivity contribution in [3.8, 4) is 0 Å². The highest BCUT2D eigenvalue weighted by atomic mass is 16.7. The standard InChI is InChI=1S/C38H56O13/c1-18(40)51-33(2,3)13-12-25(42)38(9,48)30-22(49-32-29(46)28(45)27(44)23(17-39)50-32)15-35(6)24-11-10-19-20(14-21(41)31(47)34(19,4)5)37(24,8)26(43)16-36(30,35)7/h10,12-13,20-24,27-30,32,39,41,44-46,48H,11,14-17H2,1-9H3/b13-12+/t20-,21+,22-,23-,24+,27-,28+,29-,30+,32+,35+,36-,37+,38+/m1/s1. The molecule has 0 unspecified atom stereocenters. The number of ether oxygens (including phenoxy) is 3. The Morgan fingerprint density at radius 3 is 2.22 bits per heavy atom. The molecule has 13 heteroatoms. The van der Waals surface area contributed by atoms with Gasteiger partial charge in [-0.2, -0.15) is 0 Å². The summed E-state index contributed by atoms with van der Waals surface area (Å²) in [5, 5.41) is 65.1. The van der Waals surface area contributed by atoms with Gasteiger partial charge in [-0.1, -0.05) is 32.4 Å². The molecule has 286 valence electrons. The van der Waals surface area contributed by atoms with Gasteiger partial charge in [-0.15, -0.1) is 0 Å². The van der Waals surface area contributed by atoms with E-state index in [-0.39, 0.29) is 30.8 Å². The Kier molecular flexibility index (Phi) is 10.1. The van der Waals surface area contributed by atoms with E-state index in [0.29, 0.717) is 6.42 Å². The third-order valence-electron chi connectivity index (χ3n) is 13.7. The van der Waals surface area contributed by atoms with E-state index in [9.17, 15) is 49.8 Å². The van der Waals surface area contributed by atoms with Crippen LogP contribution in [0.4, 0.5) is 0 Å². The molecule has 5 rings (SSSR count). The Bertz CT molecular complexity index is 1510. The monoisotopic (exact) mass is 720 g/mol. The van der Waals surface area contributed by atoms with Crippen molar-refractivity contribution in [2.24, 2.45) is 39.4 Å². The predicted octanol–water partition coefficient (Wildman–Crippen LogP) is 1.32. The number of carbonyl (C=O) groups excluding carboxylic acids is 4. The van der Waals surface area contributed by atoms with Crippen molar-refractivity contribution in [1.82, 2.24) is 0 Å². The van der Waals surface area contributed by atoms with Gasteiger partial charge >= 0.3 is 5.97 Å². The second-order valence-corrected chi connectivity index (χ2v) is 17.6. The van der Waals surface area contributed by atoms with Crippen molar-refractivity contribution < 1.29 is 64.0 Å². The molecule has 6 N–H and O–H groups in total. The van der Waals surface area contributed by atoms with Crippen molar-refractivity contribution in [3.63, 3.8) is 0 Å².